The number of nitrogens with zero attached hydrogens (tertiary/aromatic N) is 1. The van der Waals surface area contributed by atoms with Gasteiger partial charge in [-0.05, 0) is 49.7 Å². The standard InChI is InChI=1S/C20H24N2O2S/c1-15(23)17(13-16-7-3-2-4-8-16)21-20(24)14-22-11-5-9-18(22)19-10-6-12-25-19/h2-4,6-8,10,12,17-18H,5,9,11,13-14H2,1H3,(H,21,24)/t17-,18+/m1/s1. The van der Waals surface area contributed by atoms with Crippen LogP contribution in [0.1, 0.15) is 36.2 Å². The molecular weight excluding hydrogens is 332 g/mol. The largest absolute Gasteiger partial charge is 0.345 e. The summed E-state index contributed by atoms with van der Waals surface area (Å²) in [7, 11) is 0. The summed E-state index contributed by atoms with van der Waals surface area (Å²) in [5.41, 5.74) is 1.06. The lowest BCUT2D eigenvalue weighted by atomic mass is 10.0. The molecule has 25 heavy (non-hydrogen) atoms. The van der Waals surface area contributed by atoms with E-state index in [4.69, 9.17) is 0 Å². The first-order chi connectivity index (χ1) is 12.1. The van der Waals surface area contributed by atoms with Gasteiger partial charge < -0.3 is 5.32 Å². The fourth-order valence-electron chi connectivity index (χ4n) is 3.39. The lowest BCUT2D eigenvalue weighted by molar-refractivity contribution is -0.127. The Morgan fingerprint density at radius 2 is 2.04 bits per heavy atom. The Morgan fingerprint density at radius 1 is 1.24 bits per heavy atom. The second kappa shape index (κ2) is 8.41. The van der Waals surface area contributed by atoms with E-state index in [1.54, 1.807) is 11.3 Å². The molecule has 0 radical (unpaired) electrons. The highest BCUT2D eigenvalue weighted by Crippen LogP contribution is 2.33. The van der Waals surface area contributed by atoms with Crippen LogP contribution in [0.2, 0.25) is 0 Å². The molecule has 1 aromatic heterocycles. The molecule has 1 fully saturated rings. The van der Waals surface area contributed by atoms with E-state index in [9.17, 15) is 9.59 Å². The van der Waals surface area contributed by atoms with Gasteiger partial charge >= 0.3 is 0 Å². The van der Waals surface area contributed by atoms with Crippen molar-refractivity contribution in [2.45, 2.75) is 38.3 Å². The van der Waals surface area contributed by atoms with Crippen LogP contribution in [0, 0.1) is 0 Å². The van der Waals surface area contributed by atoms with Crippen molar-refractivity contribution in [3.63, 3.8) is 0 Å². The van der Waals surface area contributed by atoms with Gasteiger partial charge in [0.15, 0.2) is 5.78 Å². The van der Waals surface area contributed by atoms with Crippen molar-refractivity contribution in [1.29, 1.82) is 0 Å². The molecule has 2 heterocycles. The second-order valence-electron chi connectivity index (χ2n) is 6.56. The molecule has 132 valence electrons. The zero-order valence-electron chi connectivity index (χ0n) is 14.5. The Labute approximate surface area is 152 Å². The first kappa shape index (κ1) is 17.8. The van der Waals surface area contributed by atoms with Crippen LogP contribution in [0.25, 0.3) is 0 Å². The molecule has 1 saturated heterocycles. The van der Waals surface area contributed by atoms with E-state index in [-0.39, 0.29) is 11.7 Å². The normalized spacial score (nSPS) is 18.8. The SMILES string of the molecule is CC(=O)[C@@H](Cc1ccccc1)NC(=O)CN1CCC[C@H]1c1cccs1. The molecule has 0 aliphatic carbocycles. The third-order valence-corrected chi connectivity index (χ3v) is 5.66. The van der Waals surface area contributed by atoms with Crippen molar-refractivity contribution in [1.82, 2.24) is 10.2 Å². The van der Waals surface area contributed by atoms with Gasteiger partial charge in [-0.2, -0.15) is 0 Å². The lowest BCUT2D eigenvalue weighted by Gasteiger charge is -2.24. The number of Topliss-reactive ketones (excluding diaryl/α,β-unsaturated/α-hetero) is 1. The van der Waals surface area contributed by atoms with Gasteiger partial charge in [-0.25, -0.2) is 0 Å². The molecule has 0 unspecified atom stereocenters. The van der Waals surface area contributed by atoms with E-state index in [2.05, 4.69) is 27.7 Å². The van der Waals surface area contributed by atoms with Crippen LogP contribution < -0.4 is 5.32 Å². The predicted octanol–water partition coefficient (Wildman–Crippen LogP) is 3.20. The van der Waals surface area contributed by atoms with Crippen molar-refractivity contribution in [3.05, 3.63) is 58.3 Å². The molecule has 2 aromatic rings. The van der Waals surface area contributed by atoms with Gasteiger partial charge in [0.1, 0.15) is 0 Å². The fourth-order valence-corrected chi connectivity index (χ4v) is 4.28. The molecule has 1 amide bonds. The minimum Gasteiger partial charge on any atom is -0.345 e. The molecule has 1 aliphatic rings. The number of rotatable bonds is 7. The van der Waals surface area contributed by atoms with Crippen LogP contribution >= 0.6 is 11.3 Å². The number of carbonyl (C=O) groups is 2. The lowest BCUT2D eigenvalue weighted by Crippen LogP contribution is -2.45. The molecule has 0 spiro atoms. The quantitative estimate of drug-likeness (QED) is 0.829. The van der Waals surface area contributed by atoms with Crippen LogP contribution in [0.4, 0.5) is 0 Å². The van der Waals surface area contributed by atoms with Gasteiger partial charge in [0.05, 0.1) is 12.6 Å². The number of amides is 1. The maximum Gasteiger partial charge on any atom is 0.234 e. The van der Waals surface area contributed by atoms with Gasteiger partial charge in [-0.1, -0.05) is 36.4 Å². The van der Waals surface area contributed by atoms with Gasteiger partial charge in [0.2, 0.25) is 5.91 Å². The highest BCUT2D eigenvalue weighted by molar-refractivity contribution is 7.10. The molecular formula is C20H24N2O2S. The smallest absolute Gasteiger partial charge is 0.234 e. The van der Waals surface area contributed by atoms with Crippen LogP contribution in [0.3, 0.4) is 0 Å². The van der Waals surface area contributed by atoms with Gasteiger partial charge in [-0.15, -0.1) is 11.3 Å². The van der Waals surface area contributed by atoms with Crippen molar-refractivity contribution in [3.8, 4) is 0 Å². The van der Waals surface area contributed by atoms with Crippen LogP contribution in [0.5, 0.6) is 0 Å². The van der Waals surface area contributed by atoms with Gasteiger partial charge in [-0.3, -0.25) is 14.5 Å². The van der Waals surface area contributed by atoms with Gasteiger partial charge in [0.25, 0.3) is 0 Å². The number of hydrogen-bond donors (Lipinski definition) is 1. The van der Waals surface area contributed by atoms with E-state index >= 15 is 0 Å². The Hall–Kier alpha value is -1.98. The zero-order chi connectivity index (χ0) is 17.6. The number of nitrogens with one attached hydrogen (secondary N) is 1. The Morgan fingerprint density at radius 3 is 2.72 bits per heavy atom. The number of carbonyl (C=O) groups excluding carboxylic acids is 2. The van der Waals surface area contributed by atoms with E-state index in [0.717, 1.165) is 24.9 Å². The minimum absolute atomic E-state index is 0.00608. The number of hydrogen-bond acceptors (Lipinski definition) is 4. The predicted molar refractivity (Wildman–Crippen MR) is 101 cm³/mol. The summed E-state index contributed by atoms with van der Waals surface area (Å²) < 4.78 is 0. The van der Waals surface area contributed by atoms with Crippen LogP contribution in [-0.2, 0) is 16.0 Å². The van der Waals surface area contributed by atoms with Crippen molar-refractivity contribution < 1.29 is 9.59 Å². The number of ketones is 1. The minimum atomic E-state index is -0.460. The summed E-state index contributed by atoms with van der Waals surface area (Å²) in [6, 6.07) is 13.9. The molecule has 1 aliphatic heterocycles. The maximum atomic E-state index is 12.5. The van der Waals surface area contributed by atoms with E-state index < -0.39 is 6.04 Å². The van der Waals surface area contributed by atoms with Gasteiger partial charge in [0, 0.05) is 10.9 Å². The molecule has 2 atom stereocenters. The fraction of sp³-hybridized carbons (Fsp3) is 0.400. The second-order valence-corrected chi connectivity index (χ2v) is 7.54. The summed E-state index contributed by atoms with van der Waals surface area (Å²) >= 11 is 1.74. The topological polar surface area (TPSA) is 49.4 Å². The van der Waals surface area contributed by atoms with Crippen molar-refractivity contribution in [2.24, 2.45) is 0 Å². The van der Waals surface area contributed by atoms with E-state index in [1.165, 1.54) is 11.8 Å². The monoisotopic (exact) mass is 356 g/mol. The Balaban J connectivity index is 1.59. The average molecular weight is 356 g/mol. The molecule has 0 saturated carbocycles. The van der Waals surface area contributed by atoms with E-state index in [1.807, 2.05) is 30.3 Å². The number of likely N-dealkylation sites (tertiary alicyclic amines) is 1. The highest BCUT2D eigenvalue weighted by Gasteiger charge is 2.29. The number of benzene rings is 1. The Kier molecular flexibility index (Phi) is 6.00. The highest BCUT2D eigenvalue weighted by atomic mass is 32.1. The average Bonchev–Trinajstić information content (AvgIpc) is 3.26. The summed E-state index contributed by atoms with van der Waals surface area (Å²) in [6.07, 6.45) is 2.74. The van der Waals surface area contributed by atoms with Crippen molar-refractivity contribution >= 4 is 23.0 Å². The third kappa shape index (κ3) is 4.77. The third-order valence-electron chi connectivity index (χ3n) is 4.69. The summed E-state index contributed by atoms with van der Waals surface area (Å²) in [6.45, 7) is 2.82. The molecule has 0 bridgehead atoms. The number of thiophene rings is 1. The van der Waals surface area contributed by atoms with Crippen molar-refractivity contribution in [2.75, 3.05) is 13.1 Å². The summed E-state index contributed by atoms with van der Waals surface area (Å²) in [4.78, 5) is 28.0. The first-order valence-electron chi connectivity index (χ1n) is 8.74. The Bertz CT molecular complexity index is 700. The van der Waals surface area contributed by atoms with E-state index in [0.29, 0.717) is 19.0 Å². The zero-order valence-corrected chi connectivity index (χ0v) is 15.3. The van der Waals surface area contributed by atoms with Crippen LogP contribution in [0.15, 0.2) is 47.8 Å². The molecule has 1 N–H and O–H groups in total. The molecule has 5 heteroatoms. The summed E-state index contributed by atoms with van der Waals surface area (Å²) in [5.74, 6) is -0.0759. The molecule has 1 aromatic carbocycles. The first-order valence-corrected chi connectivity index (χ1v) is 9.62. The molecule has 3 rings (SSSR count). The summed E-state index contributed by atoms with van der Waals surface area (Å²) in [5, 5.41) is 5.01. The maximum absolute atomic E-state index is 12.5. The van der Waals surface area contributed by atoms with Crippen LogP contribution in [-0.4, -0.2) is 35.7 Å². The molecule has 4 nitrogen and oxygen atoms in total.